The van der Waals surface area contributed by atoms with E-state index in [1.165, 1.54) is 0 Å². The molecule has 0 amide bonds. The molecule has 0 spiro atoms. The average molecular weight is 194 g/mol. The minimum Gasteiger partial charge on any atom is -0.370 e. The molecule has 7 heteroatoms. The van der Waals surface area contributed by atoms with Gasteiger partial charge in [-0.25, -0.2) is 0 Å². The Morgan fingerprint density at radius 1 is 1.25 bits per heavy atom. The lowest BCUT2D eigenvalue weighted by molar-refractivity contribution is 0.277. The molecule has 0 heterocycles. The number of hydrogen-bond acceptors (Lipinski definition) is 4. The van der Waals surface area contributed by atoms with Crippen molar-refractivity contribution in [3.05, 3.63) is 0 Å². The van der Waals surface area contributed by atoms with Gasteiger partial charge in [0.05, 0.1) is 19.8 Å². The third-order valence-electron chi connectivity index (χ3n) is 0.825. The van der Waals surface area contributed by atoms with Gasteiger partial charge < -0.3 is 26.2 Å². The molecular weight excluding hydrogens is 179 g/mol. The quantitative estimate of drug-likeness (QED) is 0.203. The van der Waals surface area contributed by atoms with Crippen LogP contribution in [0.4, 0.5) is 0 Å². The second-order valence-corrected chi connectivity index (χ2v) is 2.62. The van der Waals surface area contributed by atoms with Crippen molar-refractivity contribution >= 4 is 15.0 Å². The van der Waals surface area contributed by atoms with Gasteiger partial charge in [-0.1, -0.05) is 0 Å². The van der Waals surface area contributed by atoms with Gasteiger partial charge in [0.2, 0.25) is 0 Å². The van der Waals surface area contributed by atoms with E-state index in [0.29, 0.717) is 26.3 Å². The van der Waals surface area contributed by atoms with Crippen LogP contribution in [-0.2, 0) is 9.05 Å². The van der Waals surface area contributed by atoms with Crippen LogP contribution in [0.5, 0.6) is 0 Å². The average Bonchev–Trinajstić information content (AvgIpc) is 2.02. The summed E-state index contributed by atoms with van der Waals surface area (Å²) in [5, 5.41) is 0. The van der Waals surface area contributed by atoms with E-state index in [1.807, 2.05) is 0 Å². The van der Waals surface area contributed by atoms with Gasteiger partial charge in [-0.3, -0.25) is 4.99 Å². The van der Waals surface area contributed by atoms with Crippen molar-refractivity contribution in [2.75, 3.05) is 26.3 Å². The second kappa shape index (κ2) is 8.67. The van der Waals surface area contributed by atoms with Gasteiger partial charge in [-0.05, 0) is 0 Å². The molecule has 0 aliphatic rings. The lowest BCUT2D eigenvalue weighted by Crippen LogP contribution is -2.23. The summed E-state index contributed by atoms with van der Waals surface area (Å²) >= 11 is 0. The highest BCUT2D eigenvalue weighted by molar-refractivity contribution is 7.26. The van der Waals surface area contributed by atoms with Crippen molar-refractivity contribution < 1.29 is 9.05 Å². The summed E-state index contributed by atoms with van der Waals surface area (Å²) in [5.41, 5.74) is 15.3. The summed E-state index contributed by atoms with van der Waals surface area (Å²) in [7, 11) is 0.0116. The Hall–Kier alpha value is -0.420. The topological polar surface area (TPSA) is 109 Å². The van der Waals surface area contributed by atoms with E-state index in [-0.39, 0.29) is 15.0 Å². The van der Waals surface area contributed by atoms with Crippen molar-refractivity contribution in [1.29, 1.82) is 0 Å². The fraction of sp³-hybridized carbons (Fsp3) is 0.800. The van der Waals surface area contributed by atoms with Gasteiger partial charge in [0.15, 0.2) is 15.0 Å². The third kappa shape index (κ3) is 9.58. The molecule has 0 aromatic carbocycles. The normalized spacial score (nSPS) is 10.8. The molecule has 1 atom stereocenters. The van der Waals surface area contributed by atoms with Crippen LogP contribution in [0, 0.1) is 0 Å². The molecule has 1 unspecified atom stereocenters. The molecule has 0 fully saturated rings. The Bertz CT molecular complexity index is 129. The summed E-state index contributed by atoms with van der Waals surface area (Å²) in [4.78, 5) is 3.71. The minimum atomic E-state index is 0.0116. The Morgan fingerprint density at radius 3 is 2.50 bits per heavy atom. The van der Waals surface area contributed by atoms with Crippen LogP contribution >= 0.6 is 9.03 Å². The number of aliphatic imine (C=N–C) groups is 1. The molecule has 0 aliphatic heterocycles. The maximum atomic E-state index is 5.18. The summed E-state index contributed by atoms with van der Waals surface area (Å²) in [6.45, 7) is 1.94. The van der Waals surface area contributed by atoms with Crippen molar-refractivity contribution in [2.45, 2.75) is 0 Å². The first-order valence-electron chi connectivity index (χ1n) is 3.51. The number of guanidine groups is 1. The van der Waals surface area contributed by atoms with Crippen molar-refractivity contribution in [1.82, 2.24) is 0 Å². The van der Waals surface area contributed by atoms with Gasteiger partial charge in [0.25, 0.3) is 0 Å². The van der Waals surface area contributed by atoms with Crippen LogP contribution in [0.1, 0.15) is 0 Å². The maximum absolute atomic E-state index is 5.18. The monoisotopic (exact) mass is 194 g/mol. The summed E-state index contributed by atoms with van der Waals surface area (Å²) < 4.78 is 9.98. The minimum absolute atomic E-state index is 0.0116. The zero-order chi connectivity index (χ0) is 9.23. The SMILES string of the molecule is NCCOPOCCN=C(N)N. The highest BCUT2D eigenvalue weighted by Crippen LogP contribution is 2.11. The molecule has 6 N–H and O–H groups in total. The Labute approximate surface area is 73.4 Å². The standard InChI is InChI=1S/C5H15N4O2P/c6-1-3-10-12-11-4-2-9-5(7)8/h12H,1-4,6H2,(H4,7,8,9). The van der Waals surface area contributed by atoms with Crippen molar-refractivity contribution in [3.63, 3.8) is 0 Å². The Kier molecular flexibility index (Phi) is 8.37. The lowest BCUT2D eigenvalue weighted by atomic mass is 10.7. The van der Waals surface area contributed by atoms with Gasteiger partial charge >= 0.3 is 0 Å². The smallest absolute Gasteiger partial charge is 0.185 e. The number of nitrogens with zero attached hydrogens (tertiary/aromatic N) is 1. The van der Waals surface area contributed by atoms with E-state index in [9.17, 15) is 0 Å². The molecule has 12 heavy (non-hydrogen) atoms. The van der Waals surface area contributed by atoms with Crippen molar-refractivity contribution in [2.24, 2.45) is 22.2 Å². The fourth-order valence-corrected chi connectivity index (χ4v) is 0.863. The van der Waals surface area contributed by atoms with E-state index >= 15 is 0 Å². The van der Waals surface area contributed by atoms with E-state index in [1.54, 1.807) is 0 Å². The molecule has 0 radical (unpaired) electrons. The zero-order valence-electron chi connectivity index (χ0n) is 6.82. The van der Waals surface area contributed by atoms with Crippen LogP contribution in [0.25, 0.3) is 0 Å². The Morgan fingerprint density at radius 2 is 1.92 bits per heavy atom. The molecule has 6 nitrogen and oxygen atoms in total. The molecule has 0 saturated heterocycles. The molecule has 72 valence electrons. The van der Waals surface area contributed by atoms with Crippen LogP contribution in [0.15, 0.2) is 4.99 Å². The first-order valence-corrected chi connectivity index (χ1v) is 4.33. The van der Waals surface area contributed by atoms with Gasteiger partial charge in [-0.2, -0.15) is 0 Å². The molecule has 0 aromatic heterocycles. The van der Waals surface area contributed by atoms with Gasteiger partial charge in [-0.15, -0.1) is 0 Å². The highest BCUT2D eigenvalue weighted by atomic mass is 31.1. The van der Waals surface area contributed by atoms with Gasteiger partial charge in [0.1, 0.15) is 0 Å². The summed E-state index contributed by atoms with van der Waals surface area (Å²) in [6, 6.07) is 0. The number of nitrogens with two attached hydrogens (primary N) is 3. The molecule has 0 bridgehead atoms. The predicted octanol–water partition coefficient (Wildman–Crippen LogP) is -1.24. The first-order chi connectivity index (χ1) is 5.77. The predicted molar refractivity (Wildman–Crippen MR) is 50.0 cm³/mol. The third-order valence-corrected chi connectivity index (χ3v) is 1.47. The summed E-state index contributed by atoms with van der Waals surface area (Å²) in [5.74, 6) is 0.0739. The van der Waals surface area contributed by atoms with E-state index in [2.05, 4.69) is 4.99 Å². The number of hydrogen-bond donors (Lipinski definition) is 3. The summed E-state index contributed by atoms with van der Waals surface area (Å²) in [6.07, 6.45) is 0. The van der Waals surface area contributed by atoms with Gasteiger partial charge in [0, 0.05) is 6.54 Å². The molecule has 0 aliphatic carbocycles. The second-order valence-electron chi connectivity index (χ2n) is 1.88. The Balaban J connectivity index is 2.96. The van der Waals surface area contributed by atoms with E-state index in [4.69, 9.17) is 26.2 Å². The number of rotatable bonds is 7. The molecule has 0 saturated carbocycles. The molecule has 0 rings (SSSR count). The first kappa shape index (κ1) is 11.6. The van der Waals surface area contributed by atoms with E-state index < -0.39 is 0 Å². The zero-order valence-corrected chi connectivity index (χ0v) is 7.82. The maximum Gasteiger partial charge on any atom is 0.185 e. The van der Waals surface area contributed by atoms with Crippen molar-refractivity contribution in [3.8, 4) is 0 Å². The lowest BCUT2D eigenvalue weighted by Gasteiger charge is -2.01. The van der Waals surface area contributed by atoms with Crippen LogP contribution in [-0.4, -0.2) is 32.3 Å². The highest BCUT2D eigenvalue weighted by Gasteiger charge is 1.87. The molecular formula is C5H15N4O2P. The van der Waals surface area contributed by atoms with Crippen LogP contribution in [0.2, 0.25) is 0 Å². The molecule has 0 aromatic rings. The van der Waals surface area contributed by atoms with E-state index in [0.717, 1.165) is 0 Å². The van der Waals surface area contributed by atoms with Crippen LogP contribution < -0.4 is 17.2 Å². The largest absolute Gasteiger partial charge is 0.370 e. The fourth-order valence-electron chi connectivity index (χ4n) is 0.404. The van der Waals surface area contributed by atoms with Crippen LogP contribution in [0.3, 0.4) is 0 Å².